The molecule has 0 fully saturated rings. The first-order valence-electron chi connectivity index (χ1n) is 5.57. The summed E-state index contributed by atoms with van der Waals surface area (Å²) in [4.78, 5) is 22.5. The van der Waals surface area contributed by atoms with E-state index in [0.717, 1.165) is 0 Å². The van der Waals surface area contributed by atoms with Gasteiger partial charge in [0.05, 0.1) is 16.8 Å². The first kappa shape index (κ1) is 14.5. The Morgan fingerprint density at radius 1 is 1.39 bits per heavy atom. The van der Waals surface area contributed by atoms with Gasteiger partial charge in [-0.3, -0.25) is 9.59 Å². The van der Waals surface area contributed by atoms with Crippen LogP contribution < -0.4 is 16.4 Å². The second-order valence-corrected chi connectivity index (χ2v) is 4.29. The fraction of sp³-hybridized carbons (Fsp3) is 0.333. The van der Waals surface area contributed by atoms with Gasteiger partial charge in [-0.15, -0.1) is 0 Å². The number of hydrogen-bond acceptors (Lipinski definition) is 3. The lowest BCUT2D eigenvalue weighted by Crippen LogP contribution is -2.34. The maximum absolute atomic E-state index is 11.6. The van der Waals surface area contributed by atoms with Crippen molar-refractivity contribution in [2.24, 2.45) is 5.73 Å². The molecule has 5 nitrogen and oxygen atoms in total. The number of carbonyl (C=O) groups is 2. The van der Waals surface area contributed by atoms with Crippen molar-refractivity contribution in [3.63, 3.8) is 0 Å². The Balaban J connectivity index is 2.78. The van der Waals surface area contributed by atoms with E-state index < -0.39 is 6.04 Å². The molecule has 0 aliphatic rings. The second kappa shape index (κ2) is 6.37. The van der Waals surface area contributed by atoms with E-state index >= 15 is 0 Å². The Kier molecular flexibility index (Phi) is 5.12. The number of carbonyl (C=O) groups excluding carboxylic acids is 2. The summed E-state index contributed by atoms with van der Waals surface area (Å²) >= 11 is 5.97. The highest BCUT2D eigenvalue weighted by Crippen LogP contribution is 2.25. The number of hydrogen-bond donors (Lipinski definition) is 3. The number of nitrogens with two attached hydrogens (primary N) is 1. The zero-order chi connectivity index (χ0) is 13.7. The number of halogens is 1. The van der Waals surface area contributed by atoms with Crippen molar-refractivity contribution in [2.45, 2.75) is 26.3 Å². The third kappa shape index (κ3) is 4.01. The van der Waals surface area contributed by atoms with Crippen LogP contribution in [-0.4, -0.2) is 17.9 Å². The maximum Gasteiger partial charge on any atom is 0.241 e. The molecule has 0 saturated heterocycles. The third-order valence-corrected chi connectivity index (χ3v) is 2.64. The van der Waals surface area contributed by atoms with Gasteiger partial charge in [0.1, 0.15) is 0 Å². The van der Waals surface area contributed by atoms with Crippen LogP contribution >= 0.6 is 11.6 Å². The summed E-state index contributed by atoms with van der Waals surface area (Å²) in [6, 6.07) is 4.29. The van der Waals surface area contributed by atoms with Gasteiger partial charge in [0.25, 0.3) is 0 Å². The van der Waals surface area contributed by atoms with Crippen molar-refractivity contribution in [3.05, 3.63) is 23.2 Å². The molecular formula is C12H16ClN3O2. The summed E-state index contributed by atoms with van der Waals surface area (Å²) in [6.45, 7) is 3.23. The molecule has 1 aromatic rings. The van der Waals surface area contributed by atoms with Crippen LogP contribution in [0.2, 0.25) is 5.02 Å². The van der Waals surface area contributed by atoms with Crippen LogP contribution in [0.5, 0.6) is 0 Å². The molecule has 4 N–H and O–H groups in total. The van der Waals surface area contributed by atoms with E-state index in [-0.39, 0.29) is 11.8 Å². The van der Waals surface area contributed by atoms with Gasteiger partial charge in [0.2, 0.25) is 11.8 Å². The van der Waals surface area contributed by atoms with Gasteiger partial charge >= 0.3 is 0 Å². The van der Waals surface area contributed by atoms with Crippen LogP contribution in [0.3, 0.4) is 0 Å². The van der Waals surface area contributed by atoms with Gasteiger partial charge in [-0.25, -0.2) is 0 Å². The van der Waals surface area contributed by atoms with Crippen LogP contribution in [-0.2, 0) is 9.59 Å². The smallest absolute Gasteiger partial charge is 0.241 e. The fourth-order valence-corrected chi connectivity index (χ4v) is 1.53. The first-order chi connectivity index (χ1) is 8.43. The highest BCUT2D eigenvalue weighted by Gasteiger charge is 2.11. The molecule has 0 bridgehead atoms. The van der Waals surface area contributed by atoms with Crippen molar-refractivity contribution < 1.29 is 9.59 Å². The summed E-state index contributed by atoms with van der Waals surface area (Å²) in [5.41, 5.74) is 6.64. The number of anilines is 2. The van der Waals surface area contributed by atoms with Gasteiger partial charge in [0, 0.05) is 12.6 Å². The zero-order valence-corrected chi connectivity index (χ0v) is 11.0. The van der Waals surface area contributed by atoms with Gasteiger partial charge in [-0.2, -0.15) is 0 Å². The van der Waals surface area contributed by atoms with Crippen molar-refractivity contribution in [3.8, 4) is 0 Å². The van der Waals surface area contributed by atoms with E-state index in [0.29, 0.717) is 22.8 Å². The minimum Gasteiger partial charge on any atom is -0.325 e. The SMILES string of the molecule is CC[C@H](N)C(=O)Nc1ccc(NC(C)=O)c(Cl)c1. The van der Waals surface area contributed by atoms with E-state index in [9.17, 15) is 9.59 Å². The minimum atomic E-state index is -0.543. The van der Waals surface area contributed by atoms with Gasteiger partial charge in [-0.1, -0.05) is 18.5 Å². The molecule has 0 radical (unpaired) electrons. The molecular weight excluding hydrogens is 254 g/mol. The average Bonchev–Trinajstić information content (AvgIpc) is 2.31. The molecule has 2 amide bonds. The Morgan fingerprint density at radius 2 is 2.06 bits per heavy atom. The molecule has 0 aromatic heterocycles. The van der Waals surface area contributed by atoms with Crippen molar-refractivity contribution in [1.29, 1.82) is 0 Å². The zero-order valence-electron chi connectivity index (χ0n) is 10.3. The molecule has 0 aliphatic heterocycles. The molecule has 0 saturated carbocycles. The average molecular weight is 270 g/mol. The summed E-state index contributed by atoms with van der Waals surface area (Å²) in [5.74, 6) is -0.470. The predicted molar refractivity (Wildman–Crippen MR) is 72.7 cm³/mol. The van der Waals surface area contributed by atoms with E-state index in [4.69, 9.17) is 17.3 Å². The van der Waals surface area contributed by atoms with Crippen molar-refractivity contribution in [1.82, 2.24) is 0 Å². The molecule has 1 aromatic carbocycles. The fourth-order valence-electron chi connectivity index (χ4n) is 1.30. The number of rotatable bonds is 4. The summed E-state index contributed by atoms with van der Waals surface area (Å²) in [6.07, 6.45) is 0.559. The lowest BCUT2D eigenvalue weighted by molar-refractivity contribution is -0.117. The lowest BCUT2D eigenvalue weighted by atomic mass is 10.2. The van der Waals surface area contributed by atoms with Crippen LogP contribution in [0.4, 0.5) is 11.4 Å². The first-order valence-corrected chi connectivity index (χ1v) is 5.95. The maximum atomic E-state index is 11.6. The van der Waals surface area contributed by atoms with Crippen molar-refractivity contribution >= 4 is 34.8 Å². The molecule has 0 aliphatic carbocycles. The molecule has 0 unspecified atom stereocenters. The highest BCUT2D eigenvalue weighted by molar-refractivity contribution is 6.34. The predicted octanol–water partition coefficient (Wildman–Crippen LogP) is 1.97. The topological polar surface area (TPSA) is 84.2 Å². The second-order valence-electron chi connectivity index (χ2n) is 3.88. The number of benzene rings is 1. The van der Waals surface area contributed by atoms with Crippen LogP contribution in [0.25, 0.3) is 0 Å². The quantitative estimate of drug-likeness (QED) is 0.781. The van der Waals surface area contributed by atoms with E-state index in [1.54, 1.807) is 18.2 Å². The summed E-state index contributed by atoms with van der Waals surface area (Å²) < 4.78 is 0. The Bertz CT molecular complexity index is 463. The summed E-state index contributed by atoms with van der Waals surface area (Å²) in [7, 11) is 0. The van der Waals surface area contributed by atoms with Crippen molar-refractivity contribution in [2.75, 3.05) is 10.6 Å². The molecule has 18 heavy (non-hydrogen) atoms. The molecule has 1 rings (SSSR count). The normalized spacial score (nSPS) is 11.8. The molecule has 0 spiro atoms. The molecule has 1 atom stereocenters. The van der Waals surface area contributed by atoms with Gasteiger partial charge in [0.15, 0.2) is 0 Å². The van der Waals surface area contributed by atoms with E-state index in [1.807, 2.05) is 6.92 Å². The number of amides is 2. The van der Waals surface area contributed by atoms with Gasteiger partial charge < -0.3 is 16.4 Å². The molecule has 6 heteroatoms. The molecule has 98 valence electrons. The highest BCUT2D eigenvalue weighted by atomic mass is 35.5. The van der Waals surface area contributed by atoms with Crippen LogP contribution in [0.1, 0.15) is 20.3 Å². The van der Waals surface area contributed by atoms with E-state index in [1.165, 1.54) is 6.92 Å². The third-order valence-electron chi connectivity index (χ3n) is 2.32. The standard InChI is InChI=1S/C12H16ClN3O2/c1-3-10(14)12(18)16-8-4-5-11(9(13)6-8)15-7(2)17/h4-6,10H,3,14H2,1-2H3,(H,15,17)(H,16,18)/t10-/m0/s1. The van der Waals surface area contributed by atoms with Gasteiger partial charge in [-0.05, 0) is 24.6 Å². The van der Waals surface area contributed by atoms with Crippen LogP contribution in [0.15, 0.2) is 18.2 Å². The number of nitrogens with one attached hydrogen (secondary N) is 2. The minimum absolute atomic E-state index is 0.207. The lowest BCUT2D eigenvalue weighted by Gasteiger charge is -2.11. The Hall–Kier alpha value is -1.59. The molecule has 0 heterocycles. The Morgan fingerprint density at radius 3 is 2.56 bits per heavy atom. The summed E-state index contributed by atoms with van der Waals surface area (Å²) in [5, 5.41) is 5.59. The monoisotopic (exact) mass is 269 g/mol. The largest absolute Gasteiger partial charge is 0.325 e. The van der Waals surface area contributed by atoms with E-state index in [2.05, 4.69) is 10.6 Å². The van der Waals surface area contributed by atoms with Crippen LogP contribution in [0, 0.1) is 0 Å². The Labute approximate surface area is 111 Å².